The van der Waals surface area contributed by atoms with Crippen molar-refractivity contribution in [3.63, 3.8) is 0 Å². The number of carbonyl (C=O) groups excluding carboxylic acids is 1. The Labute approximate surface area is 126 Å². The molecular formula is C20H20O. The molecular weight excluding hydrogens is 256 g/mol. The molecule has 0 radical (unpaired) electrons. The van der Waals surface area contributed by atoms with E-state index in [9.17, 15) is 4.79 Å². The summed E-state index contributed by atoms with van der Waals surface area (Å²) < 4.78 is 0. The Bertz CT molecular complexity index is 645. The quantitative estimate of drug-likeness (QED) is 0.753. The van der Waals surface area contributed by atoms with Gasteiger partial charge in [-0.15, -0.1) is 0 Å². The number of benzene rings is 2. The fourth-order valence-corrected chi connectivity index (χ4v) is 3.76. The van der Waals surface area contributed by atoms with Gasteiger partial charge in [0.25, 0.3) is 0 Å². The first-order chi connectivity index (χ1) is 10.0. The standard InChI is InChI=1S/C20H20O/c1-15(2)19(3)14-18(21)20(19,16-10-6-4-7-11-16)17-12-8-5-9-13-17/h4-13H,1,14H2,2-3H3. The van der Waals surface area contributed by atoms with E-state index >= 15 is 0 Å². The minimum absolute atomic E-state index is 0.229. The summed E-state index contributed by atoms with van der Waals surface area (Å²) >= 11 is 0. The van der Waals surface area contributed by atoms with Gasteiger partial charge in [0.05, 0.1) is 5.41 Å². The lowest BCUT2D eigenvalue weighted by Gasteiger charge is -2.57. The van der Waals surface area contributed by atoms with Crippen LogP contribution in [0.15, 0.2) is 72.8 Å². The monoisotopic (exact) mass is 276 g/mol. The Morgan fingerprint density at radius 1 is 0.952 bits per heavy atom. The number of rotatable bonds is 3. The van der Waals surface area contributed by atoms with Gasteiger partial charge in [0.15, 0.2) is 0 Å². The fraction of sp³-hybridized carbons (Fsp3) is 0.250. The highest BCUT2D eigenvalue weighted by Crippen LogP contribution is 2.61. The summed E-state index contributed by atoms with van der Waals surface area (Å²) in [7, 11) is 0. The molecule has 1 fully saturated rings. The molecule has 1 aliphatic rings. The first-order valence-electron chi connectivity index (χ1n) is 7.34. The van der Waals surface area contributed by atoms with Crippen molar-refractivity contribution in [2.75, 3.05) is 0 Å². The molecule has 3 rings (SSSR count). The highest BCUT2D eigenvalue weighted by Gasteiger charge is 2.64. The maximum atomic E-state index is 12.8. The van der Waals surface area contributed by atoms with Crippen LogP contribution in [0.3, 0.4) is 0 Å². The van der Waals surface area contributed by atoms with Crippen molar-refractivity contribution < 1.29 is 4.79 Å². The highest BCUT2D eigenvalue weighted by atomic mass is 16.1. The second kappa shape index (κ2) is 4.70. The third-order valence-corrected chi connectivity index (χ3v) is 5.12. The Kier molecular flexibility index (Phi) is 3.09. The third kappa shape index (κ3) is 1.67. The van der Waals surface area contributed by atoms with Gasteiger partial charge in [0.2, 0.25) is 0 Å². The number of allylic oxidation sites excluding steroid dienone is 1. The van der Waals surface area contributed by atoms with Gasteiger partial charge >= 0.3 is 0 Å². The topological polar surface area (TPSA) is 17.1 Å². The Morgan fingerprint density at radius 2 is 1.38 bits per heavy atom. The van der Waals surface area contributed by atoms with Crippen molar-refractivity contribution in [2.24, 2.45) is 5.41 Å². The van der Waals surface area contributed by atoms with Gasteiger partial charge in [-0.2, -0.15) is 0 Å². The van der Waals surface area contributed by atoms with Crippen molar-refractivity contribution in [2.45, 2.75) is 25.7 Å². The molecule has 0 aromatic heterocycles. The lowest BCUT2D eigenvalue weighted by atomic mass is 9.42. The molecule has 2 aromatic carbocycles. The van der Waals surface area contributed by atoms with Gasteiger partial charge in [-0.1, -0.05) is 79.7 Å². The number of carbonyl (C=O) groups is 1. The summed E-state index contributed by atoms with van der Waals surface area (Å²) in [5.41, 5.74) is 2.37. The van der Waals surface area contributed by atoms with Crippen LogP contribution in [0.1, 0.15) is 31.4 Å². The zero-order valence-corrected chi connectivity index (χ0v) is 12.6. The molecule has 106 valence electrons. The van der Waals surface area contributed by atoms with Crippen LogP contribution in [-0.2, 0) is 10.2 Å². The second-order valence-electron chi connectivity index (χ2n) is 6.19. The molecule has 0 heterocycles. The predicted molar refractivity (Wildman–Crippen MR) is 86.2 cm³/mol. The van der Waals surface area contributed by atoms with Gasteiger partial charge in [-0.3, -0.25) is 4.79 Å². The zero-order valence-electron chi connectivity index (χ0n) is 12.6. The largest absolute Gasteiger partial charge is 0.298 e. The van der Waals surface area contributed by atoms with Gasteiger partial charge in [0, 0.05) is 11.8 Å². The summed E-state index contributed by atoms with van der Waals surface area (Å²) in [6.45, 7) is 8.38. The summed E-state index contributed by atoms with van der Waals surface area (Å²) in [6, 6.07) is 20.2. The molecule has 1 unspecified atom stereocenters. The molecule has 1 heteroatoms. The van der Waals surface area contributed by atoms with E-state index in [0.717, 1.165) is 16.7 Å². The summed E-state index contributed by atoms with van der Waals surface area (Å²) in [5, 5.41) is 0. The van der Waals surface area contributed by atoms with Crippen LogP contribution in [0.2, 0.25) is 0 Å². The minimum Gasteiger partial charge on any atom is -0.298 e. The predicted octanol–water partition coefficient (Wildman–Crippen LogP) is 4.53. The first kappa shape index (κ1) is 13.8. The summed E-state index contributed by atoms with van der Waals surface area (Å²) in [4.78, 5) is 12.8. The maximum Gasteiger partial charge on any atom is 0.149 e. The maximum absolute atomic E-state index is 12.8. The molecule has 0 N–H and O–H groups in total. The van der Waals surface area contributed by atoms with E-state index in [-0.39, 0.29) is 11.2 Å². The van der Waals surface area contributed by atoms with Crippen molar-refractivity contribution >= 4 is 5.78 Å². The molecule has 0 amide bonds. The third-order valence-electron chi connectivity index (χ3n) is 5.12. The van der Waals surface area contributed by atoms with Crippen molar-refractivity contribution in [3.05, 3.63) is 83.9 Å². The molecule has 2 aromatic rings. The van der Waals surface area contributed by atoms with E-state index in [1.165, 1.54) is 0 Å². The van der Waals surface area contributed by atoms with Gasteiger partial charge in [-0.05, 0) is 18.1 Å². The van der Waals surface area contributed by atoms with E-state index in [1.807, 2.05) is 43.3 Å². The lowest BCUT2D eigenvalue weighted by molar-refractivity contribution is -0.139. The normalized spacial score (nSPS) is 23.4. The lowest BCUT2D eigenvalue weighted by Crippen LogP contribution is -2.62. The van der Waals surface area contributed by atoms with Gasteiger partial charge < -0.3 is 0 Å². The van der Waals surface area contributed by atoms with E-state index in [1.54, 1.807) is 0 Å². The summed E-state index contributed by atoms with van der Waals surface area (Å²) in [5.74, 6) is 0.283. The smallest absolute Gasteiger partial charge is 0.149 e. The zero-order chi connectivity index (χ0) is 15.1. The van der Waals surface area contributed by atoms with E-state index in [0.29, 0.717) is 6.42 Å². The van der Waals surface area contributed by atoms with Crippen LogP contribution < -0.4 is 0 Å². The SMILES string of the molecule is C=C(C)C1(C)CC(=O)C1(c1ccccc1)c1ccccc1. The molecule has 0 saturated heterocycles. The Hall–Kier alpha value is -2.15. The molecule has 0 spiro atoms. The minimum atomic E-state index is -0.596. The van der Waals surface area contributed by atoms with Crippen LogP contribution >= 0.6 is 0 Å². The average molecular weight is 276 g/mol. The summed E-state index contributed by atoms with van der Waals surface area (Å²) in [6.07, 6.45) is 0.562. The molecule has 1 atom stereocenters. The van der Waals surface area contributed by atoms with Crippen LogP contribution in [0, 0.1) is 5.41 Å². The van der Waals surface area contributed by atoms with Crippen molar-refractivity contribution in [1.29, 1.82) is 0 Å². The van der Waals surface area contributed by atoms with Crippen LogP contribution in [0.4, 0.5) is 0 Å². The molecule has 1 aliphatic carbocycles. The van der Waals surface area contributed by atoms with E-state index in [2.05, 4.69) is 37.8 Å². The molecule has 1 saturated carbocycles. The molecule has 0 aliphatic heterocycles. The van der Waals surface area contributed by atoms with Crippen LogP contribution in [0.5, 0.6) is 0 Å². The van der Waals surface area contributed by atoms with Gasteiger partial charge in [-0.25, -0.2) is 0 Å². The van der Waals surface area contributed by atoms with Crippen LogP contribution in [0.25, 0.3) is 0 Å². The highest BCUT2D eigenvalue weighted by molar-refractivity contribution is 6.02. The fourth-order valence-electron chi connectivity index (χ4n) is 3.76. The van der Waals surface area contributed by atoms with Crippen molar-refractivity contribution in [3.8, 4) is 0 Å². The average Bonchev–Trinajstić information content (AvgIpc) is 2.49. The Balaban J connectivity index is 2.31. The number of hydrogen-bond acceptors (Lipinski definition) is 1. The van der Waals surface area contributed by atoms with E-state index in [4.69, 9.17) is 0 Å². The second-order valence-corrected chi connectivity index (χ2v) is 6.19. The van der Waals surface area contributed by atoms with Gasteiger partial charge in [0.1, 0.15) is 5.78 Å². The molecule has 21 heavy (non-hydrogen) atoms. The van der Waals surface area contributed by atoms with Crippen LogP contribution in [-0.4, -0.2) is 5.78 Å². The Morgan fingerprint density at radius 3 is 1.71 bits per heavy atom. The number of Topliss-reactive ketones (excluding diaryl/α,β-unsaturated/α-hetero) is 1. The first-order valence-corrected chi connectivity index (χ1v) is 7.34. The van der Waals surface area contributed by atoms with E-state index < -0.39 is 5.41 Å². The number of ketones is 1. The van der Waals surface area contributed by atoms with Crippen molar-refractivity contribution in [1.82, 2.24) is 0 Å². The number of hydrogen-bond donors (Lipinski definition) is 0. The molecule has 0 bridgehead atoms. The molecule has 1 nitrogen and oxygen atoms in total.